The smallest absolute Gasteiger partial charge is 0.235 e. The van der Waals surface area contributed by atoms with Gasteiger partial charge in [0, 0.05) is 37.9 Å². The van der Waals surface area contributed by atoms with Gasteiger partial charge in [0.2, 0.25) is 5.95 Å². The van der Waals surface area contributed by atoms with Crippen LogP contribution in [0.1, 0.15) is 0 Å². The van der Waals surface area contributed by atoms with Crippen LogP contribution in [-0.4, -0.2) is 14.5 Å². The summed E-state index contributed by atoms with van der Waals surface area (Å²) in [4.78, 5) is 10.6. The van der Waals surface area contributed by atoms with Crippen molar-refractivity contribution in [3.05, 3.63) is 140 Å². The molecule has 0 saturated carbocycles. The van der Waals surface area contributed by atoms with Crippen LogP contribution in [0, 0.1) is 0 Å². The van der Waals surface area contributed by atoms with Crippen molar-refractivity contribution in [1.29, 1.82) is 0 Å². The highest BCUT2D eigenvalue weighted by Gasteiger charge is 2.24. The third-order valence-electron chi connectivity index (χ3n) is 8.98. The lowest BCUT2D eigenvalue weighted by molar-refractivity contribution is 0.669. The Hall–Kier alpha value is -6.00. The highest BCUT2D eigenvalue weighted by atomic mass is 16.3. The number of furan rings is 1. The zero-order valence-corrected chi connectivity index (χ0v) is 23.5. The van der Waals surface area contributed by atoms with Crippen LogP contribution in [0.5, 0.6) is 0 Å². The van der Waals surface area contributed by atoms with E-state index in [1.165, 1.54) is 21.5 Å². The first-order chi connectivity index (χ1) is 21.8. The van der Waals surface area contributed by atoms with Crippen molar-refractivity contribution < 1.29 is 4.42 Å². The quantitative estimate of drug-likeness (QED) is 0.197. The molecular formula is C40H23N3O. The molecule has 44 heavy (non-hydrogen) atoms. The van der Waals surface area contributed by atoms with E-state index in [4.69, 9.17) is 14.4 Å². The van der Waals surface area contributed by atoms with Crippen LogP contribution >= 0.6 is 0 Å². The predicted octanol–water partition coefficient (Wildman–Crippen LogP) is 10.6. The van der Waals surface area contributed by atoms with Gasteiger partial charge in [-0.15, -0.1) is 0 Å². The van der Waals surface area contributed by atoms with E-state index >= 15 is 0 Å². The molecule has 204 valence electrons. The Morgan fingerprint density at radius 2 is 1.07 bits per heavy atom. The molecule has 0 amide bonds. The number of rotatable bonds is 2. The minimum Gasteiger partial charge on any atom is -0.456 e. The molecule has 0 N–H and O–H groups in total. The Labute approximate surface area is 251 Å². The van der Waals surface area contributed by atoms with Gasteiger partial charge in [-0.3, -0.25) is 4.57 Å². The first kappa shape index (κ1) is 23.6. The number of aromatic nitrogens is 3. The Bertz CT molecular complexity index is 2770. The molecule has 0 fully saturated rings. The minimum atomic E-state index is 0.648. The molecule has 0 spiro atoms. The molecule has 0 unspecified atom stereocenters. The maximum absolute atomic E-state index is 6.42. The Balaban J connectivity index is 1.50. The van der Waals surface area contributed by atoms with E-state index < -0.39 is 0 Å². The van der Waals surface area contributed by atoms with Gasteiger partial charge >= 0.3 is 0 Å². The monoisotopic (exact) mass is 561 g/mol. The topological polar surface area (TPSA) is 43.9 Å². The standard InChI is InChI=1S/C40H23N3O/c1-2-12-24(13-3-1)38-29-18-8-10-20-31(29)41-40(42-38)43-32-22-23-34-35(30-19-9-11-21-33(30)44-34)37(32)36-27-16-6-4-14-25(27)26-15-5-7-17-28(26)39(36)43/h1-23H. The van der Waals surface area contributed by atoms with Gasteiger partial charge in [-0.05, 0) is 40.4 Å². The fourth-order valence-electron chi connectivity index (χ4n) is 7.16. The van der Waals surface area contributed by atoms with Crippen LogP contribution in [0.2, 0.25) is 0 Å². The van der Waals surface area contributed by atoms with Gasteiger partial charge in [0.25, 0.3) is 0 Å². The lowest BCUT2D eigenvalue weighted by Gasteiger charge is -2.13. The summed E-state index contributed by atoms with van der Waals surface area (Å²) in [5, 5.41) is 10.4. The fourth-order valence-corrected chi connectivity index (χ4v) is 7.16. The maximum Gasteiger partial charge on any atom is 0.235 e. The van der Waals surface area contributed by atoms with Gasteiger partial charge in [-0.25, -0.2) is 9.97 Å². The van der Waals surface area contributed by atoms with E-state index in [1.54, 1.807) is 0 Å². The zero-order valence-electron chi connectivity index (χ0n) is 23.5. The summed E-state index contributed by atoms with van der Waals surface area (Å²) in [6.45, 7) is 0. The predicted molar refractivity (Wildman–Crippen MR) is 182 cm³/mol. The fraction of sp³-hybridized carbons (Fsp3) is 0. The first-order valence-electron chi connectivity index (χ1n) is 14.9. The summed E-state index contributed by atoms with van der Waals surface area (Å²) in [6, 6.07) is 48.7. The number of fused-ring (bicyclic) bond motifs is 13. The van der Waals surface area contributed by atoms with Crippen LogP contribution in [0.4, 0.5) is 0 Å². The minimum absolute atomic E-state index is 0.648. The lowest BCUT2D eigenvalue weighted by atomic mass is 9.95. The molecule has 0 atom stereocenters. The largest absolute Gasteiger partial charge is 0.456 e. The Kier molecular flexibility index (Phi) is 4.69. The van der Waals surface area contributed by atoms with Gasteiger partial charge in [-0.2, -0.15) is 0 Å². The van der Waals surface area contributed by atoms with Gasteiger partial charge < -0.3 is 4.42 Å². The summed E-state index contributed by atoms with van der Waals surface area (Å²) in [5.41, 5.74) is 6.80. The molecule has 10 aromatic rings. The summed E-state index contributed by atoms with van der Waals surface area (Å²) in [6.07, 6.45) is 0. The van der Waals surface area contributed by atoms with Crippen molar-refractivity contribution in [1.82, 2.24) is 14.5 Å². The van der Waals surface area contributed by atoms with Crippen LogP contribution in [0.25, 0.3) is 93.4 Å². The molecule has 10 rings (SSSR count). The van der Waals surface area contributed by atoms with Gasteiger partial charge in [0.1, 0.15) is 11.2 Å². The Morgan fingerprint density at radius 1 is 0.432 bits per heavy atom. The molecular weight excluding hydrogens is 538 g/mol. The van der Waals surface area contributed by atoms with E-state index in [1.807, 2.05) is 24.3 Å². The summed E-state index contributed by atoms with van der Waals surface area (Å²) >= 11 is 0. The second-order valence-corrected chi connectivity index (χ2v) is 11.3. The van der Waals surface area contributed by atoms with E-state index in [-0.39, 0.29) is 0 Å². The molecule has 0 radical (unpaired) electrons. The van der Waals surface area contributed by atoms with Crippen molar-refractivity contribution in [3.8, 4) is 17.2 Å². The molecule has 3 aromatic heterocycles. The van der Waals surface area contributed by atoms with Crippen molar-refractivity contribution in [2.45, 2.75) is 0 Å². The summed E-state index contributed by atoms with van der Waals surface area (Å²) in [5.74, 6) is 0.648. The maximum atomic E-state index is 6.42. The molecule has 4 nitrogen and oxygen atoms in total. The van der Waals surface area contributed by atoms with Gasteiger partial charge in [0.05, 0.1) is 22.2 Å². The average molecular weight is 562 g/mol. The third-order valence-corrected chi connectivity index (χ3v) is 8.98. The van der Waals surface area contributed by atoms with Crippen LogP contribution in [-0.2, 0) is 0 Å². The SMILES string of the molecule is c1ccc(-c2nc(-n3c4ccc5oc6ccccc6c5c4c4c5ccccc5c5ccccc5c43)nc3ccccc23)cc1. The first-order valence-corrected chi connectivity index (χ1v) is 14.9. The lowest BCUT2D eigenvalue weighted by Crippen LogP contribution is -2.03. The Morgan fingerprint density at radius 3 is 1.89 bits per heavy atom. The molecule has 0 saturated heterocycles. The van der Waals surface area contributed by atoms with Crippen molar-refractivity contribution in [2.75, 3.05) is 0 Å². The molecule has 3 heterocycles. The van der Waals surface area contributed by atoms with E-state index in [9.17, 15) is 0 Å². The molecule has 0 aliphatic carbocycles. The molecule has 7 aromatic carbocycles. The van der Waals surface area contributed by atoms with Crippen LogP contribution in [0.15, 0.2) is 144 Å². The van der Waals surface area contributed by atoms with Crippen molar-refractivity contribution in [2.24, 2.45) is 0 Å². The second kappa shape index (κ2) is 8.76. The molecule has 0 aliphatic heterocycles. The number of para-hydroxylation sites is 2. The molecule has 4 heteroatoms. The van der Waals surface area contributed by atoms with Crippen molar-refractivity contribution in [3.63, 3.8) is 0 Å². The third kappa shape index (κ3) is 3.11. The van der Waals surface area contributed by atoms with E-state index in [0.717, 1.165) is 65.9 Å². The molecule has 0 aliphatic rings. The number of nitrogens with zero attached hydrogens (tertiary/aromatic N) is 3. The van der Waals surface area contributed by atoms with Crippen molar-refractivity contribution >= 4 is 76.2 Å². The zero-order chi connectivity index (χ0) is 28.8. The number of hydrogen-bond acceptors (Lipinski definition) is 3. The van der Waals surface area contributed by atoms with Gasteiger partial charge in [0.15, 0.2) is 0 Å². The highest BCUT2D eigenvalue weighted by Crippen LogP contribution is 2.46. The number of benzene rings is 7. The van der Waals surface area contributed by atoms with Crippen LogP contribution in [0.3, 0.4) is 0 Å². The van der Waals surface area contributed by atoms with E-state index in [2.05, 4.69) is 120 Å². The summed E-state index contributed by atoms with van der Waals surface area (Å²) in [7, 11) is 0. The normalized spacial score (nSPS) is 12.1. The molecule has 0 bridgehead atoms. The van der Waals surface area contributed by atoms with Crippen LogP contribution < -0.4 is 0 Å². The number of hydrogen-bond donors (Lipinski definition) is 0. The summed E-state index contributed by atoms with van der Waals surface area (Å²) < 4.78 is 8.70. The highest BCUT2D eigenvalue weighted by molar-refractivity contribution is 6.37. The van der Waals surface area contributed by atoms with E-state index in [0.29, 0.717) is 5.95 Å². The second-order valence-electron chi connectivity index (χ2n) is 11.3. The average Bonchev–Trinajstić information content (AvgIpc) is 3.64. The van der Waals surface area contributed by atoms with Gasteiger partial charge in [-0.1, -0.05) is 115 Å².